The number of pyridine rings is 1. The molecule has 0 saturated carbocycles. The molecule has 0 aromatic carbocycles. The first kappa shape index (κ1) is 27.2. The lowest BCUT2D eigenvalue weighted by atomic mass is 10.1. The minimum atomic E-state index is -0.512. The van der Waals surface area contributed by atoms with Crippen LogP contribution in [0.5, 0.6) is 5.75 Å². The third-order valence-corrected chi connectivity index (χ3v) is 3.66. The fourth-order valence-corrected chi connectivity index (χ4v) is 2.36. The number of rotatable bonds is 10. The summed E-state index contributed by atoms with van der Waals surface area (Å²) in [5, 5.41) is 9.41. The summed E-state index contributed by atoms with van der Waals surface area (Å²) in [6.07, 6.45) is 6.02. The molecule has 1 aromatic heterocycles. The zero-order valence-electron chi connectivity index (χ0n) is 18.2. The van der Waals surface area contributed by atoms with Crippen molar-refractivity contribution in [3.8, 4) is 5.75 Å². The van der Waals surface area contributed by atoms with Gasteiger partial charge in [-0.2, -0.15) is 0 Å². The van der Waals surface area contributed by atoms with Gasteiger partial charge in [0.2, 0.25) is 0 Å². The molecule has 0 radical (unpaired) electrons. The molecule has 0 spiro atoms. The molecule has 29 heavy (non-hydrogen) atoms. The van der Waals surface area contributed by atoms with Crippen molar-refractivity contribution in [3.05, 3.63) is 24.5 Å². The fraction of sp³-hybridized carbons (Fsp3) is 0.650. The van der Waals surface area contributed by atoms with Gasteiger partial charge >= 0.3 is 6.09 Å². The van der Waals surface area contributed by atoms with E-state index in [4.69, 9.17) is 9.47 Å². The van der Waals surface area contributed by atoms with E-state index >= 15 is 0 Å². The van der Waals surface area contributed by atoms with Gasteiger partial charge < -0.3 is 25.4 Å². The van der Waals surface area contributed by atoms with E-state index in [1.807, 2.05) is 32.9 Å². The summed E-state index contributed by atoms with van der Waals surface area (Å²) in [6, 6.07) is 3.75. The van der Waals surface area contributed by atoms with Gasteiger partial charge in [0.25, 0.3) is 0 Å². The number of aromatic nitrogens is 1. The molecule has 1 aromatic rings. The van der Waals surface area contributed by atoms with Crippen LogP contribution in [0.2, 0.25) is 0 Å². The van der Waals surface area contributed by atoms with Gasteiger partial charge in [-0.15, -0.1) is 24.0 Å². The first-order chi connectivity index (χ1) is 13.3. The Bertz CT molecular complexity index is 594. The number of nitrogens with zero attached hydrogens (tertiary/aromatic N) is 2. The van der Waals surface area contributed by atoms with Crippen LogP contribution in [0.1, 0.15) is 47.0 Å². The molecular weight excluding hydrogens is 485 g/mol. The molecule has 1 unspecified atom stereocenters. The van der Waals surface area contributed by atoms with E-state index in [2.05, 4.69) is 32.9 Å². The molecule has 166 valence electrons. The summed E-state index contributed by atoms with van der Waals surface area (Å²) >= 11 is 0. The van der Waals surface area contributed by atoms with Crippen LogP contribution < -0.4 is 20.7 Å². The SMILES string of the molecule is CCCCC(CNC(=O)OC(C)(C)C)NC(=NC)NCCOc1cccnc1.I. The molecule has 0 fully saturated rings. The lowest BCUT2D eigenvalue weighted by Crippen LogP contribution is -2.49. The lowest BCUT2D eigenvalue weighted by molar-refractivity contribution is 0.0523. The summed E-state index contributed by atoms with van der Waals surface area (Å²) in [5.74, 6) is 1.40. The van der Waals surface area contributed by atoms with Gasteiger partial charge in [-0.05, 0) is 39.3 Å². The summed E-state index contributed by atoms with van der Waals surface area (Å²) in [5.41, 5.74) is -0.512. The van der Waals surface area contributed by atoms with Crippen LogP contribution in [0.3, 0.4) is 0 Å². The van der Waals surface area contributed by atoms with Crippen molar-refractivity contribution >= 4 is 36.0 Å². The number of guanidine groups is 1. The Hall–Kier alpha value is -1.78. The number of carbonyl (C=O) groups excluding carboxylic acids is 1. The number of aliphatic imine (C=N–C) groups is 1. The van der Waals surface area contributed by atoms with Crippen molar-refractivity contribution < 1.29 is 14.3 Å². The van der Waals surface area contributed by atoms with E-state index in [9.17, 15) is 4.79 Å². The van der Waals surface area contributed by atoms with Gasteiger partial charge in [-0.3, -0.25) is 9.98 Å². The number of alkyl carbamates (subject to hydrolysis) is 1. The molecule has 0 bridgehead atoms. The Morgan fingerprint density at radius 3 is 2.66 bits per heavy atom. The van der Waals surface area contributed by atoms with Crippen molar-refractivity contribution in [1.82, 2.24) is 20.9 Å². The highest BCUT2D eigenvalue weighted by molar-refractivity contribution is 14.0. The van der Waals surface area contributed by atoms with Crippen molar-refractivity contribution in [3.63, 3.8) is 0 Å². The van der Waals surface area contributed by atoms with Crippen molar-refractivity contribution in [1.29, 1.82) is 0 Å². The third-order valence-electron chi connectivity index (χ3n) is 3.66. The minimum absolute atomic E-state index is 0. The standard InChI is InChI=1S/C20H35N5O3.HI/c1-6-7-9-16(14-24-19(26)28-20(2,3)4)25-18(21-5)23-12-13-27-17-10-8-11-22-15-17;/h8,10-11,15-16H,6-7,9,12-14H2,1-5H3,(H,24,26)(H2,21,23,25);1H. The van der Waals surface area contributed by atoms with Gasteiger partial charge in [-0.1, -0.05) is 19.8 Å². The minimum Gasteiger partial charge on any atom is -0.490 e. The summed E-state index contributed by atoms with van der Waals surface area (Å²) in [7, 11) is 1.72. The van der Waals surface area contributed by atoms with Gasteiger partial charge in [0, 0.05) is 25.8 Å². The zero-order chi connectivity index (χ0) is 20.8. The normalized spacial score (nSPS) is 12.4. The maximum atomic E-state index is 11.9. The van der Waals surface area contributed by atoms with Gasteiger partial charge in [0.05, 0.1) is 12.7 Å². The van der Waals surface area contributed by atoms with Gasteiger partial charge in [-0.25, -0.2) is 4.79 Å². The predicted octanol–water partition coefficient (Wildman–Crippen LogP) is 3.33. The van der Waals surface area contributed by atoms with E-state index < -0.39 is 11.7 Å². The molecule has 3 N–H and O–H groups in total. The number of hydrogen-bond donors (Lipinski definition) is 3. The molecule has 0 saturated heterocycles. The zero-order valence-corrected chi connectivity index (χ0v) is 20.5. The monoisotopic (exact) mass is 521 g/mol. The van der Waals surface area contributed by atoms with Crippen LogP contribution in [-0.4, -0.2) is 55.4 Å². The highest BCUT2D eigenvalue weighted by atomic mass is 127. The summed E-state index contributed by atoms with van der Waals surface area (Å²) < 4.78 is 10.9. The fourth-order valence-electron chi connectivity index (χ4n) is 2.36. The number of ether oxygens (including phenoxy) is 2. The Labute approximate surface area is 191 Å². The van der Waals surface area contributed by atoms with Crippen LogP contribution in [0, 0.1) is 0 Å². The third kappa shape index (κ3) is 13.9. The van der Waals surface area contributed by atoms with Crippen molar-refractivity contribution in [2.75, 3.05) is 26.7 Å². The Kier molecular flexibility index (Phi) is 14.2. The largest absolute Gasteiger partial charge is 0.490 e. The smallest absolute Gasteiger partial charge is 0.407 e. The second-order valence-corrected chi connectivity index (χ2v) is 7.40. The number of carbonyl (C=O) groups is 1. The van der Waals surface area contributed by atoms with Crippen LogP contribution in [-0.2, 0) is 4.74 Å². The molecule has 9 heteroatoms. The van der Waals surface area contributed by atoms with Crippen LogP contribution >= 0.6 is 24.0 Å². The van der Waals surface area contributed by atoms with E-state index in [1.54, 1.807) is 19.4 Å². The second kappa shape index (κ2) is 15.1. The lowest BCUT2D eigenvalue weighted by Gasteiger charge is -2.24. The number of nitrogens with one attached hydrogen (secondary N) is 3. The van der Waals surface area contributed by atoms with Crippen LogP contribution in [0.25, 0.3) is 0 Å². The van der Waals surface area contributed by atoms with Gasteiger partial charge in [0.15, 0.2) is 5.96 Å². The van der Waals surface area contributed by atoms with Crippen LogP contribution in [0.15, 0.2) is 29.5 Å². The molecule has 1 rings (SSSR count). The van der Waals surface area contributed by atoms with E-state index in [0.717, 1.165) is 25.0 Å². The van der Waals surface area contributed by atoms with Crippen LogP contribution in [0.4, 0.5) is 4.79 Å². The Balaban J connectivity index is 0.00000784. The first-order valence-corrected chi connectivity index (χ1v) is 9.81. The van der Waals surface area contributed by atoms with Gasteiger partial charge in [0.1, 0.15) is 18.0 Å². The molecule has 0 aliphatic heterocycles. The summed E-state index contributed by atoms with van der Waals surface area (Å²) in [6.45, 7) is 9.22. The number of hydrogen-bond acceptors (Lipinski definition) is 5. The van der Waals surface area contributed by atoms with E-state index in [-0.39, 0.29) is 30.0 Å². The maximum Gasteiger partial charge on any atom is 0.407 e. The number of unbranched alkanes of at least 4 members (excludes halogenated alkanes) is 1. The molecule has 0 aliphatic rings. The Morgan fingerprint density at radius 2 is 2.07 bits per heavy atom. The molecule has 0 aliphatic carbocycles. The van der Waals surface area contributed by atoms with E-state index in [0.29, 0.717) is 25.7 Å². The summed E-state index contributed by atoms with van der Waals surface area (Å²) in [4.78, 5) is 20.2. The van der Waals surface area contributed by atoms with Crippen molar-refractivity contribution in [2.45, 2.75) is 58.6 Å². The first-order valence-electron chi connectivity index (χ1n) is 9.81. The Morgan fingerprint density at radius 1 is 1.31 bits per heavy atom. The topological polar surface area (TPSA) is 96.9 Å². The molecule has 1 heterocycles. The van der Waals surface area contributed by atoms with Crippen molar-refractivity contribution in [2.24, 2.45) is 4.99 Å². The molecular formula is C20H36IN5O3. The highest BCUT2D eigenvalue weighted by Crippen LogP contribution is 2.07. The molecule has 8 nitrogen and oxygen atoms in total. The average Bonchev–Trinajstić information content (AvgIpc) is 2.65. The maximum absolute atomic E-state index is 11.9. The highest BCUT2D eigenvalue weighted by Gasteiger charge is 2.18. The molecule has 1 amide bonds. The number of amides is 1. The van der Waals surface area contributed by atoms with E-state index in [1.165, 1.54) is 0 Å². The average molecular weight is 521 g/mol. The number of halogens is 1. The molecule has 1 atom stereocenters. The predicted molar refractivity (Wildman–Crippen MR) is 127 cm³/mol. The quantitative estimate of drug-likeness (QED) is 0.189. The second-order valence-electron chi connectivity index (χ2n) is 7.40.